The summed E-state index contributed by atoms with van der Waals surface area (Å²) in [5.74, 6) is -0.665. The molecule has 0 saturated heterocycles. The first-order valence-corrected chi connectivity index (χ1v) is 6.28. The second-order valence-corrected chi connectivity index (χ2v) is 5.77. The lowest BCUT2D eigenvalue weighted by molar-refractivity contribution is -0.137. The van der Waals surface area contributed by atoms with E-state index in [4.69, 9.17) is 0 Å². The fourth-order valence-electron chi connectivity index (χ4n) is 0.905. The van der Waals surface area contributed by atoms with Gasteiger partial charge in [-0.15, -0.1) is 0 Å². The smallest absolute Gasteiger partial charge is 0.298 e. The van der Waals surface area contributed by atoms with Gasteiger partial charge in [-0.05, 0) is 13.3 Å². The van der Waals surface area contributed by atoms with Crippen molar-refractivity contribution in [1.82, 2.24) is 0 Å². The lowest BCUT2D eigenvalue weighted by atomic mass is 10.1. The monoisotopic (exact) mass is 246 g/mol. The minimum absolute atomic E-state index is 0.353. The Morgan fingerprint density at radius 3 is 2.13 bits per heavy atom. The van der Waals surface area contributed by atoms with E-state index in [9.17, 15) is 26.4 Å². The number of hydrogen-bond acceptors (Lipinski definition) is 3. The highest BCUT2D eigenvalue weighted by atomic mass is 32.2. The van der Waals surface area contributed by atoms with Crippen LogP contribution in [0.2, 0.25) is 0 Å². The molecule has 0 spiro atoms. The van der Waals surface area contributed by atoms with Gasteiger partial charge in [-0.25, -0.2) is 8.42 Å². The molecule has 90 valence electrons. The molecule has 0 aliphatic carbocycles. The van der Waals surface area contributed by atoms with Crippen LogP contribution in [0.5, 0.6) is 0 Å². The number of hydrogen-bond donors (Lipinski definition) is 0. The third kappa shape index (κ3) is 6.48. The maximum Gasteiger partial charge on any atom is 0.389 e. The molecule has 0 N–H and O–H groups in total. The summed E-state index contributed by atoms with van der Waals surface area (Å²) in [6.45, 7) is 1.19. The quantitative estimate of drug-likeness (QED) is 0.742. The Bertz CT molecular complexity index is 319. The van der Waals surface area contributed by atoms with E-state index in [0.717, 1.165) is 6.26 Å². The Morgan fingerprint density at radius 2 is 1.80 bits per heavy atom. The average molecular weight is 246 g/mol. The molecule has 0 aromatic heterocycles. The Balaban J connectivity index is 4.07. The van der Waals surface area contributed by atoms with E-state index < -0.39 is 33.5 Å². The summed E-state index contributed by atoms with van der Waals surface area (Å²) in [7, 11) is -3.50. The zero-order chi connectivity index (χ0) is 12.3. The summed E-state index contributed by atoms with van der Waals surface area (Å²) in [5, 5.41) is -1.22. The zero-order valence-corrected chi connectivity index (χ0v) is 9.28. The first-order chi connectivity index (χ1) is 6.54. The first kappa shape index (κ1) is 14.4. The number of sulfone groups is 1. The molecule has 0 rings (SSSR count). The van der Waals surface area contributed by atoms with Gasteiger partial charge in [0.15, 0.2) is 15.6 Å². The van der Waals surface area contributed by atoms with Gasteiger partial charge in [0, 0.05) is 19.1 Å². The van der Waals surface area contributed by atoms with Crippen molar-refractivity contribution in [3.63, 3.8) is 0 Å². The zero-order valence-electron chi connectivity index (χ0n) is 8.47. The molecular weight excluding hydrogens is 233 g/mol. The number of carbonyl (C=O) groups excluding carboxylic acids is 1. The number of Topliss-reactive ketones (excluding diaryl/α,β-unsaturated/α-hetero) is 1. The Labute approximate surface area is 86.6 Å². The van der Waals surface area contributed by atoms with Gasteiger partial charge in [-0.1, -0.05) is 0 Å². The summed E-state index contributed by atoms with van der Waals surface area (Å²) in [6.07, 6.45) is -5.18. The van der Waals surface area contributed by atoms with Crippen molar-refractivity contribution < 1.29 is 26.4 Å². The Morgan fingerprint density at radius 1 is 1.33 bits per heavy atom. The van der Waals surface area contributed by atoms with Gasteiger partial charge in [-0.3, -0.25) is 4.79 Å². The molecule has 0 aromatic rings. The minimum Gasteiger partial charge on any atom is -0.298 e. The number of alkyl halides is 3. The van der Waals surface area contributed by atoms with Crippen molar-refractivity contribution in [2.45, 2.75) is 37.6 Å². The van der Waals surface area contributed by atoms with Gasteiger partial charge in [0.25, 0.3) is 0 Å². The van der Waals surface area contributed by atoms with Crippen LogP contribution in [-0.2, 0) is 14.6 Å². The van der Waals surface area contributed by atoms with Crippen LogP contribution in [0.15, 0.2) is 0 Å². The number of carbonyl (C=O) groups is 1. The second kappa shape index (κ2) is 4.96. The maximum atomic E-state index is 11.7. The third-order valence-electron chi connectivity index (χ3n) is 1.98. The lowest BCUT2D eigenvalue weighted by Crippen LogP contribution is -2.26. The van der Waals surface area contributed by atoms with Gasteiger partial charge in [0.05, 0.1) is 0 Å². The number of halogens is 3. The highest BCUT2D eigenvalue weighted by Crippen LogP contribution is 2.22. The highest BCUT2D eigenvalue weighted by Gasteiger charge is 2.28. The molecule has 0 fully saturated rings. The van der Waals surface area contributed by atoms with Crippen molar-refractivity contribution in [3.05, 3.63) is 0 Å². The van der Waals surface area contributed by atoms with Crippen molar-refractivity contribution in [3.8, 4) is 0 Å². The summed E-state index contributed by atoms with van der Waals surface area (Å²) in [6, 6.07) is 0. The fourth-order valence-corrected chi connectivity index (χ4v) is 1.50. The van der Waals surface area contributed by atoms with Gasteiger partial charge in [0.2, 0.25) is 0 Å². The molecule has 1 unspecified atom stereocenters. The Hall–Kier alpha value is -0.590. The summed E-state index contributed by atoms with van der Waals surface area (Å²) < 4.78 is 56.9. The minimum atomic E-state index is -4.30. The largest absolute Gasteiger partial charge is 0.389 e. The van der Waals surface area contributed by atoms with E-state index in [-0.39, 0.29) is 12.8 Å². The SMILES string of the molecule is CC(C(=O)CCCC(F)(F)F)S(C)(=O)=O. The van der Waals surface area contributed by atoms with Crippen LogP contribution in [0.3, 0.4) is 0 Å². The first-order valence-electron chi connectivity index (χ1n) is 4.32. The van der Waals surface area contributed by atoms with Gasteiger partial charge >= 0.3 is 6.18 Å². The van der Waals surface area contributed by atoms with E-state index in [2.05, 4.69) is 0 Å². The van der Waals surface area contributed by atoms with E-state index in [1.807, 2.05) is 0 Å². The molecule has 0 bridgehead atoms. The summed E-state index contributed by atoms with van der Waals surface area (Å²) in [5.41, 5.74) is 0. The van der Waals surface area contributed by atoms with Crippen LogP contribution in [0.1, 0.15) is 26.2 Å². The maximum absolute atomic E-state index is 11.7. The molecule has 15 heavy (non-hydrogen) atoms. The molecule has 1 atom stereocenters. The van der Waals surface area contributed by atoms with Crippen LogP contribution in [-0.4, -0.2) is 31.9 Å². The third-order valence-corrected chi connectivity index (χ3v) is 3.53. The second-order valence-electron chi connectivity index (χ2n) is 3.41. The summed E-state index contributed by atoms with van der Waals surface area (Å²) in [4.78, 5) is 11.1. The lowest BCUT2D eigenvalue weighted by Gasteiger charge is -2.09. The van der Waals surface area contributed by atoms with Gasteiger partial charge < -0.3 is 0 Å². The molecule has 0 aromatic carbocycles. The average Bonchev–Trinajstić information content (AvgIpc) is 1.98. The fraction of sp³-hybridized carbons (Fsp3) is 0.875. The predicted molar refractivity (Wildman–Crippen MR) is 49.2 cm³/mol. The molecule has 0 aliphatic rings. The number of ketones is 1. The van der Waals surface area contributed by atoms with Crippen molar-refractivity contribution in [2.24, 2.45) is 0 Å². The topological polar surface area (TPSA) is 51.2 Å². The molecule has 3 nitrogen and oxygen atoms in total. The van der Waals surface area contributed by atoms with Crippen LogP contribution in [0.4, 0.5) is 13.2 Å². The normalized spacial score (nSPS) is 15.0. The molecule has 0 aliphatic heterocycles. The molecule has 0 radical (unpaired) electrons. The highest BCUT2D eigenvalue weighted by molar-refractivity contribution is 7.92. The van der Waals surface area contributed by atoms with Crippen LogP contribution < -0.4 is 0 Å². The van der Waals surface area contributed by atoms with Gasteiger partial charge in [-0.2, -0.15) is 13.2 Å². The van der Waals surface area contributed by atoms with Gasteiger partial charge in [0.1, 0.15) is 5.25 Å². The molecular formula is C8H13F3O3S. The molecule has 7 heteroatoms. The predicted octanol–water partition coefficient (Wildman–Crippen LogP) is 1.72. The molecule has 0 saturated carbocycles. The van der Waals surface area contributed by atoms with E-state index >= 15 is 0 Å². The van der Waals surface area contributed by atoms with E-state index in [1.165, 1.54) is 6.92 Å². The van der Waals surface area contributed by atoms with Crippen molar-refractivity contribution in [1.29, 1.82) is 0 Å². The van der Waals surface area contributed by atoms with E-state index in [1.54, 1.807) is 0 Å². The molecule has 0 amide bonds. The molecule has 0 heterocycles. The van der Waals surface area contributed by atoms with Crippen LogP contribution in [0, 0.1) is 0 Å². The van der Waals surface area contributed by atoms with Crippen LogP contribution >= 0.6 is 0 Å². The standard InChI is InChI=1S/C8H13F3O3S/c1-6(15(2,13)14)7(12)4-3-5-8(9,10)11/h6H,3-5H2,1-2H3. The van der Waals surface area contributed by atoms with Crippen molar-refractivity contribution in [2.75, 3.05) is 6.26 Å². The van der Waals surface area contributed by atoms with Crippen molar-refractivity contribution >= 4 is 15.6 Å². The van der Waals surface area contributed by atoms with Crippen LogP contribution in [0.25, 0.3) is 0 Å². The number of rotatable bonds is 5. The van der Waals surface area contributed by atoms with E-state index in [0.29, 0.717) is 0 Å². The Kier molecular flexibility index (Phi) is 4.76. The summed E-state index contributed by atoms with van der Waals surface area (Å²) >= 11 is 0.